The standard InChI is InChI=1S/C15H14N4O3S2/c1-2-23-15-18-17-14(24-15)16-13(22)9-4-3-5-10(8-9)19-11(20)6-7-12(19)21/h3-5,8H,2,6-7H2,1H3,(H,16,17,22). The third-order valence-electron chi connectivity index (χ3n) is 3.31. The number of hydrogen-bond acceptors (Lipinski definition) is 7. The van der Waals surface area contributed by atoms with E-state index in [1.807, 2.05) is 6.92 Å². The fourth-order valence-corrected chi connectivity index (χ4v) is 3.91. The summed E-state index contributed by atoms with van der Waals surface area (Å²) in [6, 6.07) is 6.42. The van der Waals surface area contributed by atoms with Gasteiger partial charge in [0.25, 0.3) is 5.91 Å². The lowest BCUT2D eigenvalue weighted by atomic mass is 10.2. The molecule has 7 nitrogen and oxygen atoms in total. The van der Waals surface area contributed by atoms with E-state index in [0.717, 1.165) is 15.0 Å². The molecule has 124 valence electrons. The van der Waals surface area contributed by atoms with Crippen molar-refractivity contribution < 1.29 is 14.4 Å². The molecule has 1 aromatic carbocycles. The lowest BCUT2D eigenvalue weighted by Gasteiger charge is -2.14. The zero-order valence-corrected chi connectivity index (χ0v) is 14.4. The third kappa shape index (κ3) is 3.46. The third-order valence-corrected chi connectivity index (χ3v) is 5.17. The van der Waals surface area contributed by atoms with Crippen molar-refractivity contribution in [2.24, 2.45) is 0 Å². The highest BCUT2D eigenvalue weighted by Crippen LogP contribution is 2.26. The summed E-state index contributed by atoms with van der Waals surface area (Å²) in [6.07, 6.45) is 0.413. The highest BCUT2D eigenvalue weighted by atomic mass is 32.2. The molecule has 0 unspecified atom stereocenters. The largest absolute Gasteiger partial charge is 0.296 e. The average molecular weight is 362 g/mol. The molecule has 1 aromatic heterocycles. The number of thioether (sulfide) groups is 1. The van der Waals surface area contributed by atoms with Gasteiger partial charge in [-0.15, -0.1) is 10.2 Å². The van der Waals surface area contributed by atoms with Crippen molar-refractivity contribution in [2.75, 3.05) is 16.0 Å². The summed E-state index contributed by atoms with van der Waals surface area (Å²) < 4.78 is 0.787. The van der Waals surface area contributed by atoms with Crippen LogP contribution in [0.15, 0.2) is 28.6 Å². The Bertz CT molecular complexity index is 790. The SMILES string of the molecule is CCSc1nnc(NC(=O)c2cccc(N3C(=O)CCC3=O)c2)s1. The first kappa shape index (κ1) is 16.6. The zero-order valence-electron chi connectivity index (χ0n) is 12.8. The van der Waals surface area contributed by atoms with Crippen LogP contribution in [-0.2, 0) is 9.59 Å². The van der Waals surface area contributed by atoms with E-state index in [4.69, 9.17) is 0 Å². The van der Waals surface area contributed by atoms with Gasteiger partial charge in [0.15, 0.2) is 4.34 Å². The van der Waals surface area contributed by atoms with Crippen LogP contribution in [0.2, 0.25) is 0 Å². The fraction of sp³-hybridized carbons (Fsp3) is 0.267. The second-order valence-corrected chi connectivity index (χ2v) is 7.42. The number of rotatable bonds is 5. The molecule has 2 heterocycles. The van der Waals surface area contributed by atoms with Crippen LogP contribution < -0.4 is 10.2 Å². The quantitative estimate of drug-likeness (QED) is 0.499. The number of carbonyl (C=O) groups excluding carboxylic acids is 3. The summed E-state index contributed by atoms with van der Waals surface area (Å²) in [7, 11) is 0. The Labute approximate surface area is 146 Å². The van der Waals surface area contributed by atoms with E-state index >= 15 is 0 Å². The molecule has 24 heavy (non-hydrogen) atoms. The van der Waals surface area contributed by atoms with Gasteiger partial charge in [-0.25, -0.2) is 0 Å². The second kappa shape index (κ2) is 7.10. The van der Waals surface area contributed by atoms with Gasteiger partial charge in [-0.1, -0.05) is 36.1 Å². The van der Waals surface area contributed by atoms with Crippen molar-refractivity contribution in [1.29, 1.82) is 0 Å². The Hall–Kier alpha value is -2.26. The van der Waals surface area contributed by atoms with Gasteiger partial charge in [0.1, 0.15) is 0 Å². The van der Waals surface area contributed by atoms with Gasteiger partial charge in [-0.2, -0.15) is 0 Å². The summed E-state index contributed by atoms with van der Waals surface area (Å²) in [5, 5.41) is 11.0. The van der Waals surface area contributed by atoms with Crippen LogP contribution in [0.3, 0.4) is 0 Å². The molecule has 1 fully saturated rings. The molecule has 0 radical (unpaired) electrons. The lowest BCUT2D eigenvalue weighted by Crippen LogP contribution is -2.28. The van der Waals surface area contributed by atoms with Gasteiger partial charge in [0.2, 0.25) is 16.9 Å². The Morgan fingerprint density at radius 3 is 2.75 bits per heavy atom. The smallest absolute Gasteiger partial charge is 0.257 e. The number of nitrogens with zero attached hydrogens (tertiary/aromatic N) is 3. The number of aromatic nitrogens is 2. The summed E-state index contributed by atoms with van der Waals surface area (Å²) in [4.78, 5) is 37.1. The van der Waals surface area contributed by atoms with Crippen molar-refractivity contribution >= 4 is 51.6 Å². The molecule has 1 aliphatic rings. The van der Waals surface area contributed by atoms with Crippen LogP contribution in [0, 0.1) is 0 Å². The van der Waals surface area contributed by atoms with Gasteiger partial charge in [0.05, 0.1) is 5.69 Å². The molecule has 1 N–H and O–H groups in total. The average Bonchev–Trinajstić information content (AvgIpc) is 3.14. The van der Waals surface area contributed by atoms with Gasteiger partial charge in [-0.3, -0.25) is 24.6 Å². The molecule has 3 rings (SSSR count). The van der Waals surface area contributed by atoms with E-state index in [-0.39, 0.29) is 30.6 Å². The summed E-state index contributed by atoms with van der Waals surface area (Å²) in [5.74, 6) is 0.0219. The van der Waals surface area contributed by atoms with Gasteiger partial charge in [-0.05, 0) is 24.0 Å². The van der Waals surface area contributed by atoms with Crippen molar-refractivity contribution in [3.63, 3.8) is 0 Å². The molecule has 3 amide bonds. The number of carbonyl (C=O) groups is 3. The van der Waals surface area contributed by atoms with Crippen LogP contribution in [0.25, 0.3) is 0 Å². The molecular weight excluding hydrogens is 348 g/mol. The number of hydrogen-bond donors (Lipinski definition) is 1. The first-order chi connectivity index (χ1) is 11.6. The molecule has 1 saturated heterocycles. The number of anilines is 2. The molecule has 0 aliphatic carbocycles. The van der Waals surface area contributed by atoms with Crippen LogP contribution in [0.5, 0.6) is 0 Å². The van der Waals surface area contributed by atoms with E-state index in [9.17, 15) is 14.4 Å². The lowest BCUT2D eigenvalue weighted by molar-refractivity contribution is -0.121. The predicted octanol–water partition coefficient (Wildman–Crippen LogP) is 2.56. The van der Waals surface area contributed by atoms with Crippen molar-refractivity contribution in [2.45, 2.75) is 24.1 Å². The van der Waals surface area contributed by atoms with E-state index in [2.05, 4.69) is 15.5 Å². The van der Waals surface area contributed by atoms with Crippen molar-refractivity contribution in [1.82, 2.24) is 10.2 Å². The Morgan fingerprint density at radius 1 is 1.29 bits per heavy atom. The number of benzene rings is 1. The Morgan fingerprint density at radius 2 is 2.04 bits per heavy atom. The normalized spacial score (nSPS) is 14.3. The van der Waals surface area contributed by atoms with E-state index in [0.29, 0.717) is 16.4 Å². The molecule has 1 aliphatic heterocycles. The minimum Gasteiger partial charge on any atom is -0.296 e. The molecule has 0 spiro atoms. The zero-order chi connectivity index (χ0) is 17.1. The maximum absolute atomic E-state index is 12.3. The second-order valence-electron chi connectivity index (χ2n) is 4.93. The molecular formula is C15H14N4O3S2. The van der Waals surface area contributed by atoms with Crippen molar-refractivity contribution in [3.05, 3.63) is 29.8 Å². The summed E-state index contributed by atoms with van der Waals surface area (Å²) in [6.45, 7) is 2.01. The van der Waals surface area contributed by atoms with Gasteiger partial charge >= 0.3 is 0 Å². The van der Waals surface area contributed by atoms with Gasteiger partial charge in [0, 0.05) is 18.4 Å². The highest BCUT2D eigenvalue weighted by Gasteiger charge is 2.30. The minimum absolute atomic E-state index is 0.206. The predicted molar refractivity (Wildman–Crippen MR) is 92.4 cm³/mol. The monoisotopic (exact) mass is 362 g/mol. The Balaban J connectivity index is 1.76. The molecule has 9 heteroatoms. The molecule has 0 atom stereocenters. The molecule has 0 bridgehead atoms. The van der Waals surface area contributed by atoms with Crippen LogP contribution in [-0.4, -0.2) is 33.7 Å². The van der Waals surface area contributed by atoms with Crippen LogP contribution in [0.1, 0.15) is 30.1 Å². The van der Waals surface area contributed by atoms with E-state index < -0.39 is 0 Å². The molecule has 0 saturated carbocycles. The van der Waals surface area contributed by atoms with Gasteiger partial charge < -0.3 is 0 Å². The number of amides is 3. The topological polar surface area (TPSA) is 92.3 Å². The summed E-state index contributed by atoms with van der Waals surface area (Å²) in [5.41, 5.74) is 0.759. The first-order valence-electron chi connectivity index (χ1n) is 7.32. The van der Waals surface area contributed by atoms with E-state index in [1.54, 1.807) is 30.0 Å². The minimum atomic E-state index is -0.361. The van der Waals surface area contributed by atoms with Crippen molar-refractivity contribution in [3.8, 4) is 0 Å². The Kier molecular flexibility index (Phi) is 4.91. The number of nitrogens with one attached hydrogen (secondary N) is 1. The highest BCUT2D eigenvalue weighted by molar-refractivity contribution is 8.01. The maximum Gasteiger partial charge on any atom is 0.257 e. The summed E-state index contributed by atoms with van der Waals surface area (Å²) >= 11 is 2.85. The maximum atomic E-state index is 12.3. The van der Waals surface area contributed by atoms with Crippen LogP contribution >= 0.6 is 23.1 Å². The number of imide groups is 1. The van der Waals surface area contributed by atoms with E-state index in [1.165, 1.54) is 17.4 Å². The first-order valence-corrected chi connectivity index (χ1v) is 9.12. The fourth-order valence-electron chi connectivity index (χ4n) is 2.26. The van der Waals surface area contributed by atoms with Crippen LogP contribution in [0.4, 0.5) is 10.8 Å². The molecule has 2 aromatic rings.